The van der Waals surface area contributed by atoms with Gasteiger partial charge < -0.3 is 9.84 Å². The number of aryl methyl sites for hydroxylation is 3. The molecule has 0 fully saturated rings. The Morgan fingerprint density at radius 3 is 1.80 bits per heavy atom. The third-order valence-corrected chi connectivity index (χ3v) is 10.1. The minimum atomic E-state index is -0.757. The van der Waals surface area contributed by atoms with E-state index in [-0.39, 0.29) is 18.5 Å². The zero-order valence-corrected chi connectivity index (χ0v) is 37.2. The summed E-state index contributed by atoms with van der Waals surface area (Å²) in [5, 5.41) is 19.9. The number of carbonyl (C=O) groups is 3. The van der Waals surface area contributed by atoms with Gasteiger partial charge in [0.05, 0.1) is 0 Å². The van der Waals surface area contributed by atoms with Crippen LogP contribution in [0, 0.1) is 13.8 Å². The fourth-order valence-corrected chi connectivity index (χ4v) is 7.00. The SMILES string of the molecule is CC(C)(C)OC(=O)CCCCCCC(=O)O.Cc1ccc(CC(=[Se])CN)cc1.Cc1ccc(Cc2nnc(CCCCCNC(=O)OC(C)(C)C)[se]2)cc1. The summed E-state index contributed by atoms with van der Waals surface area (Å²) in [7, 11) is 0. The van der Waals surface area contributed by atoms with E-state index in [1.165, 1.54) is 35.8 Å². The molecule has 3 rings (SSSR count). The summed E-state index contributed by atoms with van der Waals surface area (Å²) < 4.78 is 14.0. The predicted octanol–water partition coefficient (Wildman–Crippen LogP) is 7.26. The molecule has 0 unspecified atom stereocenters. The number of benzene rings is 2. The first kappa shape index (κ1) is 48.9. The van der Waals surface area contributed by atoms with Crippen LogP contribution >= 0.6 is 0 Å². The normalized spacial score (nSPS) is 11.0. The second-order valence-corrected chi connectivity index (χ2v) is 18.9. The number of nitrogens with zero attached hydrogens (tertiary/aromatic N) is 2. The van der Waals surface area contributed by atoms with Crippen LogP contribution in [0.5, 0.6) is 0 Å². The van der Waals surface area contributed by atoms with Crippen LogP contribution in [0.4, 0.5) is 4.79 Å². The Morgan fingerprint density at radius 2 is 1.26 bits per heavy atom. The number of amides is 1. The van der Waals surface area contributed by atoms with E-state index < -0.39 is 17.2 Å². The summed E-state index contributed by atoms with van der Waals surface area (Å²) in [5.74, 6) is -0.933. The summed E-state index contributed by atoms with van der Waals surface area (Å²) in [5.41, 5.74) is 9.83. The molecule has 3 aromatic rings. The number of nitrogens with one attached hydrogen (secondary N) is 1. The van der Waals surface area contributed by atoms with Gasteiger partial charge in [-0.1, -0.05) is 12.8 Å². The molecule has 10 nitrogen and oxygen atoms in total. The molecule has 0 bridgehead atoms. The van der Waals surface area contributed by atoms with E-state index in [0.717, 1.165) is 57.8 Å². The Bertz CT molecular complexity index is 1530. The molecule has 0 spiro atoms. The van der Waals surface area contributed by atoms with Crippen molar-refractivity contribution < 1.29 is 29.0 Å². The van der Waals surface area contributed by atoms with E-state index in [1.807, 2.05) is 41.5 Å². The maximum atomic E-state index is 11.5. The van der Waals surface area contributed by atoms with Gasteiger partial charge >= 0.3 is 255 Å². The number of unbranched alkanes of at least 4 members (excludes halogenated alkanes) is 5. The van der Waals surface area contributed by atoms with E-state index in [0.29, 0.717) is 40.4 Å². The van der Waals surface area contributed by atoms with Crippen molar-refractivity contribution in [1.29, 1.82) is 0 Å². The van der Waals surface area contributed by atoms with E-state index >= 15 is 0 Å². The molecule has 2 aromatic carbocycles. The minimum absolute atomic E-state index is 0.175. The Hall–Kier alpha value is -3.14. The van der Waals surface area contributed by atoms with Gasteiger partial charge in [0.1, 0.15) is 5.60 Å². The number of carboxylic acid groups (broad SMARTS) is 1. The summed E-state index contributed by atoms with van der Waals surface area (Å²) in [4.78, 5) is 33.0. The summed E-state index contributed by atoms with van der Waals surface area (Å²) in [6.45, 7) is 16.6. The number of carbonyl (C=O) groups excluding carboxylic acids is 2. The van der Waals surface area contributed by atoms with Crippen LogP contribution in [-0.2, 0) is 38.3 Å². The summed E-state index contributed by atoms with van der Waals surface area (Å²) in [6.07, 6.45) is 9.47. The van der Waals surface area contributed by atoms with Crippen molar-refractivity contribution in [2.75, 3.05) is 13.1 Å². The third-order valence-electron chi connectivity index (χ3n) is 7.41. The number of hydrogen-bond acceptors (Lipinski definition) is 8. The number of hydrogen-bond donors (Lipinski definition) is 3. The quantitative estimate of drug-likeness (QED) is 0.0681. The second kappa shape index (κ2) is 26.6. The van der Waals surface area contributed by atoms with Crippen molar-refractivity contribution in [2.24, 2.45) is 5.73 Å². The summed E-state index contributed by atoms with van der Waals surface area (Å²) in [6, 6.07) is 17.2. The fraction of sp³-hybridized carbons (Fsp3) is 0.571. The Morgan fingerprint density at radius 1 is 0.741 bits per heavy atom. The molecule has 0 aliphatic rings. The van der Waals surface area contributed by atoms with Gasteiger partial charge in [-0.15, -0.1) is 0 Å². The molecule has 0 atom stereocenters. The van der Waals surface area contributed by atoms with E-state index in [4.69, 9.17) is 20.3 Å². The topological polar surface area (TPSA) is 154 Å². The summed E-state index contributed by atoms with van der Waals surface area (Å²) >= 11 is 3.27. The molecular weight excluding hydrogens is 814 g/mol. The zero-order valence-electron chi connectivity index (χ0n) is 33.8. The van der Waals surface area contributed by atoms with Gasteiger partial charge in [0.25, 0.3) is 0 Å². The average Bonchev–Trinajstić information content (AvgIpc) is 3.52. The van der Waals surface area contributed by atoms with Crippen LogP contribution in [0.25, 0.3) is 0 Å². The van der Waals surface area contributed by atoms with Crippen molar-refractivity contribution >= 4 is 52.5 Å². The van der Waals surface area contributed by atoms with Gasteiger partial charge in [-0.3, -0.25) is 9.59 Å². The van der Waals surface area contributed by atoms with Gasteiger partial charge in [-0.2, -0.15) is 0 Å². The number of aliphatic carboxylic acids is 1. The number of alkyl carbamates (subject to hydrolysis) is 1. The van der Waals surface area contributed by atoms with Crippen LogP contribution in [0.2, 0.25) is 0 Å². The number of esters is 1. The Labute approximate surface area is 337 Å². The van der Waals surface area contributed by atoms with Gasteiger partial charge in [-0.25, -0.2) is 0 Å². The molecule has 0 radical (unpaired) electrons. The number of rotatable bonds is 18. The average molecular weight is 879 g/mol. The first-order valence-corrected chi connectivity index (χ1v) is 21.5. The maximum absolute atomic E-state index is 11.5. The van der Waals surface area contributed by atoms with E-state index in [2.05, 4.69) is 93.5 Å². The molecule has 1 heterocycles. The fourth-order valence-electron chi connectivity index (χ4n) is 4.72. The van der Waals surface area contributed by atoms with Crippen molar-refractivity contribution in [3.05, 3.63) is 79.9 Å². The number of ether oxygens (including phenoxy) is 2. The van der Waals surface area contributed by atoms with Gasteiger partial charge in [-0.05, 0) is 33.6 Å². The molecule has 54 heavy (non-hydrogen) atoms. The molecule has 0 aliphatic heterocycles. The molecule has 0 saturated carbocycles. The number of carboxylic acids is 1. The monoisotopic (exact) mass is 880 g/mol. The van der Waals surface area contributed by atoms with Crippen molar-refractivity contribution in [2.45, 2.75) is 144 Å². The van der Waals surface area contributed by atoms with Gasteiger partial charge in [0.15, 0.2) is 0 Å². The van der Waals surface area contributed by atoms with Gasteiger partial charge in [0.2, 0.25) is 0 Å². The van der Waals surface area contributed by atoms with Crippen LogP contribution in [-0.4, -0.2) is 92.1 Å². The molecule has 0 saturated heterocycles. The molecular formula is C42H64N4O6Se2. The molecule has 12 heteroatoms. The molecule has 1 aromatic heterocycles. The second-order valence-electron chi connectivity index (χ2n) is 15.3. The molecule has 0 aliphatic carbocycles. The Kier molecular flexibility index (Phi) is 24.1. The third kappa shape index (κ3) is 27.4. The number of nitrogens with two attached hydrogens (primary N) is 1. The van der Waals surface area contributed by atoms with Crippen LogP contribution in [0.1, 0.15) is 131 Å². The molecule has 4 N–H and O–H groups in total. The number of aromatic nitrogens is 2. The standard InChI is InChI=1S/C20H29N3O2Se.C12H22O4.C10H13NSe/c1-15-9-11-16(12-10-15)14-18-23-22-17(26-18)8-6-5-7-13-21-19(24)25-20(2,3)4;1-12(2,3)16-11(15)9-7-5-4-6-8-10(13)14;1-8-2-4-9(5-3-8)6-10(12)7-11/h9-12H,5-8,13-14H2,1-4H3,(H,21,24);4-9H2,1-3H3,(H,13,14);2-5H,6-7,11H2,1H3. The molecule has 1 amide bonds. The molecule has 300 valence electrons. The van der Waals surface area contributed by atoms with Crippen molar-refractivity contribution in [3.8, 4) is 0 Å². The van der Waals surface area contributed by atoms with Crippen LogP contribution < -0.4 is 11.1 Å². The van der Waals surface area contributed by atoms with E-state index in [1.54, 1.807) is 0 Å². The first-order valence-electron chi connectivity index (χ1n) is 18.9. The Balaban J connectivity index is 0.000000444. The van der Waals surface area contributed by atoms with E-state index in [9.17, 15) is 14.4 Å². The van der Waals surface area contributed by atoms with Crippen LogP contribution in [0.15, 0.2) is 48.5 Å². The predicted molar refractivity (Wildman–Crippen MR) is 221 cm³/mol. The zero-order chi connectivity index (χ0) is 40.6. The van der Waals surface area contributed by atoms with Crippen LogP contribution in [0.3, 0.4) is 0 Å². The van der Waals surface area contributed by atoms with Crippen molar-refractivity contribution in [1.82, 2.24) is 15.5 Å². The van der Waals surface area contributed by atoms with Gasteiger partial charge in [0, 0.05) is 12.8 Å². The van der Waals surface area contributed by atoms with Crippen molar-refractivity contribution in [3.63, 3.8) is 0 Å². The first-order chi connectivity index (χ1) is 25.3.